The van der Waals surface area contributed by atoms with E-state index in [9.17, 15) is 9.18 Å². The number of rotatable bonds is 6. The summed E-state index contributed by atoms with van der Waals surface area (Å²) >= 11 is 0. The second-order valence-electron chi connectivity index (χ2n) is 7.62. The number of anilines is 2. The number of nitrogens with one attached hydrogen (secondary N) is 2. The van der Waals surface area contributed by atoms with Gasteiger partial charge in [0.2, 0.25) is 0 Å². The standard InChI is InChI=1S/C22H24FN3O3/c1-22(2,3)19-14-20(26-29-19)25-21(27)24-16-8-10-17(11-9-16)28-13-12-15-6-4-5-7-18(15)23/h4-11,14H,12-13H2,1-3H3,(H2,24,25,26,27). The summed E-state index contributed by atoms with van der Waals surface area (Å²) in [7, 11) is 0. The number of ether oxygens (including phenoxy) is 1. The first kappa shape index (κ1) is 20.4. The van der Waals surface area contributed by atoms with Gasteiger partial charge in [0.05, 0.1) is 6.61 Å². The van der Waals surface area contributed by atoms with E-state index < -0.39 is 6.03 Å². The molecule has 0 aliphatic heterocycles. The molecule has 0 atom stereocenters. The molecule has 0 saturated carbocycles. The van der Waals surface area contributed by atoms with E-state index in [1.54, 1.807) is 48.5 Å². The van der Waals surface area contributed by atoms with Crippen LogP contribution in [0.15, 0.2) is 59.1 Å². The van der Waals surface area contributed by atoms with E-state index in [0.717, 1.165) is 0 Å². The first-order valence-electron chi connectivity index (χ1n) is 9.33. The van der Waals surface area contributed by atoms with E-state index in [-0.39, 0.29) is 11.2 Å². The molecule has 3 aromatic rings. The fourth-order valence-electron chi connectivity index (χ4n) is 2.58. The molecule has 0 bridgehead atoms. The predicted molar refractivity (Wildman–Crippen MR) is 110 cm³/mol. The van der Waals surface area contributed by atoms with Crippen LogP contribution in [-0.4, -0.2) is 17.8 Å². The smallest absolute Gasteiger partial charge is 0.324 e. The summed E-state index contributed by atoms with van der Waals surface area (Å²) in [5.41, 5.74) is 1.03. The van der Waals surface area contributed by atoms with Crippen LogP contribution in [0.1, 0.15) is 32.1 Å². The Balaban J connectivity index is 1.48. The quantitative estimate of drug-likeness (QED) is 0.586. The highest BCUT2D eigenvalue weighted by atomic mass is 19.1. The highest BCUT2D eigenvalue weighted by molar-refractivity contribution is 5.99. The van der Waals surface area contributed by atoms with Gasteiger partial charge in [0.25, 0.3) is 0 Å². The third-order valence-electron chi connectivity index (χ3n) is 4.20. The molecule has 152 valence electrons. The molecular weight excluding hydrogens is 373 g/mol. The summed E-state index contributed by atoms with van der Waals surface area (Å²) in [5, 5.41) is 9.20. The van der Waals surface area contributed by atoms with Crippen LogP contribution in [-0.2, 0) is 11.8 Å². The van der Waals surface area contributed by atoms with Gasteiger partial charge in [-0.25, -0.2) is 9.18 Å². The van der Waals surface area contributed by atoms with Crippen molar-refractivity contribution in [1.29, 1.82) is 0 Å². The van der Waals surface area contributed by atoms with Gasteiger partial charge in [-0.3, -0.25) is 5.32 Å². The summed E-state index contributed by atoms with van der Waals surface area (Å²) in [6, 6.07) is 14.8. The molecule has 6 nitrogen and oxygen atoms in total. The van der Waals surface area contributed by atoms with Gasteiger partial charge in [0.1, 0.15) is 17.3 Å². The summed E-state index contributed by atoms with van der Waals surface area (Å²) in [4.78, 5) is 12.1. The van der Waals surface area contributed by atoms with Gasteiger partial charge < -0.3 is 14.6 Å². The Kier molecular flexibility index (Phi) is 6.16. The third-order valence-corrected chi connectivity index (χ3v) is 4.20. The van der Waals surface area contributed by atoms with Crippen LogP contribution < -0.4 is 15.4 Å². The fraction of sp³-hybridized carbons (Fsp3) is 0.273. The van der Waals surface area contributed by atoms with Crippen LogP contribution in [0, 0.1) is 5.82 Å². The van der Waals surface area contributed by atoms with Crippen molar-refractivity contribution in [2.24, 2.45) is 0 Å². The molecule has 2 amide bonds. The van der Waals surface area contributed by atoms with Gasteiger partial charge in [0, 0.05) is 23.6 Å². The first-order valence-corrected chi connectivity index (χ1v) is 9.33. The van der Waals surface area contributed by atoms with Crippen LogP contribution in [0.2, 0.25) is 0 Å². The summed E-state index contributed by atoms with van der Waals surface area (Å²) in [5.74, 6) is 1.44. The second kappa shape index (κ2) is 8.77. The normalized spacial score (nSPS) is 11.2. The van der Waals surface area contributed by atoms with Crippen molar-refractivity contribution >= 4 is 17.5 Å². The molecule has 2 N–H and O–H groups in total. The Morgan fingerprint density at radius 2 is 1.83 bits per heavy atom. The average Bonchev–Trinajstić information content (AvgIpc) is 3.13. The van der Waals surface area contributed by atoms with Crippen LogP contribution in [0.4, 0.5) is 20.7 Å². The number of halogens is 1. The molecule has 7 heteroatoms. The Morgan fingerprint density at radius 3 is 2.48 bits per heavy atom. The molecule has 0 aliphatic carbocycles. The molecule has 0 radical (unpaired) electrons. The lowest BCUT2D eigenvalue weighted by molar-refractivity contribution is 0.262. The lowest BCUT2D eigenvalue weighted by Crippen LogP contribution is -2.19. The van der Waals surface area contributed by atoms with E-state index in [4.69, 9.17) is 9.26 Å². The number of aromatic nitrogens is 1. The molecule has 3 rings (SSSR count). The molecule has 1 heterocycles. The molecular formula is C22H24FN3O3. The molecule has 0 fully saturated rings. The van der Waals surface area contributed by atoms with Gasteiger partial charge in [-0.15, -0.1) is 0 Å². The molecule has 0 aliphatic rings. The van der Waals surface area contributed by atoms with Gasteiger partial charge in [-0.1, -0.05) is 44.1 Å². The summed E-state index contributed by atoms with van der Waals surface area (Å²) < 4.78 is 24.5. The SMILES string of the molecule is CC(C)(C)c1cc(NC(=O)Nc2ccc(OCCc3ccccc3F)cc2)no1. The van der Waals surface area contributed by atoms with Gasteiger partial charge in [-0.2, -0.15) is 0 Å². The number of urea groups is 1. The summed E-state index contributed by atoms with van der Waals surface area (Å²) in [6.07, 6.45) is 0.476. The van der Waals surface area contributed by atoms with E-state index in [1.165, 1.54) is 6.07 Å². The monoisotopic (exact) mass is 397 g/mol. The van der Waals surface area contributed by atoms with Gasteiger partial charge in [0.15, 0.2) is 5.82 Å². The first-order chi connectivity index (χ1) is 13.8. The molecule has 0 saturated heterocycles. The average molecular weight is 397 g/mol. The van der Waals surface area contributed by atoms with E-state index >= 15 is 0 Å². The van der Waals surface area contributed by atoms with Crippen LogP contribution >= 0.6 is 0 Å². The van der Waals surface area contributed by atoms with Crippen molar-refractivity contribution in [1.82, 2.24) is 5.16 Å². The van der Waals surface area contributed by atoms with Crippen LogP contribution in [0.3, 0.4) is 0 Å². The van der Waals surface area contributed by atoms with Crippen molar-refractivity contribution in [3.8, 4) is 5.75 Å². The number of hydrogen-bond donors (Lipinski definition) is 2. The summed E-state index contributed by atoms with van der Waals surface area (Å²) in [6.45, 7) is 6.35. The molecule has 2 aromatic carbocycles. The van der Waals surface area contributed by atoms with Crippen LogP contribution in [0.5, 0.6) is 5.75 Å². The molecule has 29 heavy (non-hydrogen) atoms. The van der Waals surface area contributed by atoms with Crippen molar-refractivity contribution in [2.75, 3.05) is 17.2 Å². The van der Waals surface area contributed by atoms with E-state index in [1.807, 2.05) is 20.8 Å². The lowest BCUT2D eigenvalue weighted by Gasteiger charge is -2.12. The number of hydrogen-bond acceptors (Lipinski definition) is 4. The van der Waals surface area contributed by atoms with Crippen molar-refractivity contribution in [2.45, 2.75) is 32.6 Å². The van der Waals surface area contributed by atoms with Crippen molar-refractivity contribution in [3.63, 3.8) is 0 Å². The Bertz CT molecular complexity index is 962. The van der Waals surface area contributed by atoms with Gasteiger partial charge >= 0.3 is 6.03 Å². The molecule has 1 aromatic heterocycles. The fourth-order valence-corrected chi connectivity index (χ4v) is 2.58. The lowest BCUT2D eigenvalue weighted by atomic mass is 9.93. The number of nitrogens with zero attached hydrogens (tertiary/aromatic N) is 1. The van der Waals surface area contributed by atoms with E-state index in [0.29, 0.717) is 41.6 Å². The largest absolute Gasteiger partial charge is 0.493 e. The Hall–Kier alpha value is -3.35. The topological polar surface area (TPSA) is 76.4 Å². The maximum absolute atomic E-state index is 13.6. The van der Waals surface area contributed by atoms with E-state index in [2.05, 4.69) is 15.8 Å². The molecule has 0 unspecified atom stereocenters. The zero-order chi connectivity index (χ0) is 20.9. The minimum atomic E-state index is -0.424. The zero-order valence-electron chi connectivity index (χ0n) is 16.7. The third kappa shape index (κ3) is 5.81. The second-order valence-corrected chi connectivity index (χ2v) is 7.62. The Labute approximate surface area is 169 Å². The van der Waals surface area contributed by atoms with Gasteiger partial charge in [-0.05, 0) is 35.9 Å². The number of carbonyl (C=O) groups is 1. The predicted octanol–water partition coefficient (Wildman–Crippen LogP) is 5.38. The maximum atomic E-state index is 13.6. The van der Waals surface area contributed by atoms with Crippen molar-refractivity contribution < 1.29 is 18.4 Å². The highest BCUT2D eigenvalue weighted by Crippen LogP contribution is 2.24. The molecule has 0 spiro atoms. The number of amides is 2. The minimum absolute atomic E-state index is 0.189. The van der Waals surface area contributed by atoms with Crippen LogP contribution in [0.25, 0.3) is 0 Å². The Morgan fingerprint density at radius 1 is 1.10 bits per heavy atom. The number of benzene rings is 2. The van der Waals surface area contributed by atoms with Crippen molar-refractivity contribution in [3.05, 3.63) is 71.7 Å². The highest BCUT2D eigenvalue weighted by Gasteiger charge is 2.20. The zero-order valence-corrected chi connectivity index (χ0v) is 16.7. The minimum Gasteiger partial charge on any atom is -0.493 e. The maximum Gasteiger partial charge on any atom is 0.324 e. The number of carbonyl (C=O) groups excluding carboxylic acids is 1.